The van der Waals surface area contributed by atoms with E-state index in [1.54, 1.807) is 44.7 Å². The van der Waals surface area contributed by atoms with Gasteiger partial charge in [-0.15, -0.1) is 0 Å². The fourth-order valence-corrected chi connectivity index (χ4v) is 3.46. The Morgan fingerprint density at radius 2 is 1.77 bits per heavy atom. The highest BCUT2D eigenvalue weighted by atomic mass is 79.9. The molecule has 1 aromatic carbocycles. The highest BCUT2D eigenvalue weighted by Gasteiger charge is 2.14. The van der Waals surface area contributed by atoms with Gasteiger partial charge in [0.15, 0.2) is 23.0 Å². The van der Waals surface area contributed by atoms with E-state index < -0.39 is 6.03 Å². The average Bonchev–Trinajstić information content (AvgIpc) is 2.78. The van der Waals surface area contributed by atoms with Gasteiger partial charge in [0, 0.05) is 29.7 Å². The van der Waals surface area contributed by atoms with E-state index in [0.29, 0.717) is 57.6 Å². The van der Waals surface area contributed by atoms with Gasteiger partial charge in [-0.25, -0.2) is 19.7 Å². The van der Waals surface area contributed by atoms with Gasteiger partial charge in [0.2, 0.25) is 5.75 Å². The van der Waals surface area contributed by atoms with E-state index in [0.717, 1.165) is 0 Å². The van der Waals surface area contributed by atoms with Crippen LogP contribution in [0.5, 0.6) is 17.2 Å². The van der Waals surface area contributed by atoms with E-state index in [9.17, 15) is 4.79 Å². The Kier molecular flexibility index (Phi) is 7.58. The molecule has 2 amide bonds. The van der Waals surface area contributed by atoms with Crippen molar-refractivity contribution in [1.29, 1.82) is 0 Å². The summed E-state index contributed by atoms with van der Waals surface area (Å²) in [5.74, 6) is 2.28. The van der Waals surface area contributed by atoms with Gasteiger partial charge in [-0.05, 0) is 12.1 Å². The van der Waals surface area contributed by atoms with Crippen LogP contribution in [0.4, 0.5) is 22.1 Å². The minimum absolute atomic E-state index is 0.338. The number of halogens is 1. The topological polar surface area (TPSA) is 111 Å². The lowest BCUT2D eigenvalue weighted by Gasteiger charge is -2.15. The van der Waals surface area contributed by atoms with Crippen molar-refractivity contribution in [2.75, 3.05) is 43.8 Å². The number of rotatable bonds is 8. The van der Waals surface area contributed by atoms with Crippen molar-refractivity contribution in [2.45, 2.75) is 0 Å². The molecule has 0 saturated carbocycles. The number of nitrogens with zero attached hydrogens (tertiary/aromatic N) is 4. The summed E-state index contributed by atoms with van der Waals surface area (Å²) in [6.45, 7) is 0.436. The molecule has 0 aliphatic rings. The first kappa shape index (κ1) is 22.7. The Hall–Kier alpha value is -2.99. The van der Waals surface area contributed by atoms with E-state index in [2.05, 4.69) is 54.3 Å². The predicted octanol–water partition coefficient (Wildman–Crippen LogP) is 3.87. The van der Waals surface area contributed by atoms with Gasteiger partial charge in [-0.3, -0.25) is 9.62 Å². The molecule has 0 aliphatic heterocycles. The van der Waals surface area contributed by atoms with Crippen LogP contribution in [0.2, 0.25) is 0 Å². The van der Waals surface area contributed by atoms with Crippen molar-refractivity contribution in [3.63, 3.8) is 0 Å². The first-order valence-corrected chi connectivity index (χ1v) is 10.6. The molecule has 0 radical (unpaired) electrons. The van der Waals surface area contributed by atoms with Gasteiger partial charge in [-0.1, -0.05) is 28.7 Å². The number of benzene rings is 1. The van der Waals surface area contributed by atoms with E-state index in [4.69, 9.17) is 14.2 Å². The number of nitrogens with one attached hydrogen (secondary N) is 2. The lowest BCUT2D eigenvalue weighted by atomic mass is 10.2. The summed E-state index contributed by atoms with van der Waals surface area (Å²) in [4.78, 5) is 25.3. The maximum Gasteiger partial charge on any atom is 0.332 e. The number of alkyl halides is 1. The summed E-state index contributed by atoms with van der Waals surface area (Å²) >= 11 is 7.39. The summed E-state index contributed by atoms with van der Waals surface area (Å²) in [7, 11) is 4.62. The van der Waals surface area contributed by atoms with Crippen molar-refractivity contribution in [3.8, 4) is 17.2 Å². The number of hydrogen-bond acceptors (Lipinski definition) is 9. The van der Waals surface area contributed by atoms with E-state index in [1.807, 2.05) is 0 Å². The molecule has 31 heavy (non-hydrogen) atoms. The normalized spacial score (nSPS) is 10.5. The number of hydrogen-bond donors (Lipinski definition) is 3. The maximum absolute atomic E-state index is 12.1. The van der Waals surface area contributed by atoms with Gasteiger partial charge >= 0.3 is 6.03 Å². The third-order valence-electron chi connectivity index (χ3n) is 4.11. The van der Waals surface area contributed by atoms with Crippen LogP contribution >= 0.6 is 28.7 Å². The molecular formula is C19H21BrN6O4S. The first-order valence-electron chi connectivity index (χ1n) is 9.03. The van der Waals surface area contributed by atoms with E-state index >= 15 is 0 Å². The molecule has 0 bridgehead atoms. The van der Waals surface area contributed by atoms with Crippen LogP contribution in [0, 0.1) is 0 Å². The van der Waals surface area contributed by atoms with Crippen molar-refractivity contribution in [2.24, 2.45) is 0 Å². The van der Waals surface area contributed by atoms with Crippen molar-refractivity contribution >= 4 is 63.3 Å². The molecule has 0 saturated heterocycles. The number of urea groups is 1. The number of carbonyl (C=O) groups is 1. The van der Waals surface area contributed by atoms with Crippen LogP contribution in [0.1, 0.15) is 0 Å². The van der Waals surface area contributed by atoms with Crippen molar-refractivity contribution in [1.82, 2.24) is 19.3 Å². The zero-order valence-corrected chi connectivity index (χ0v) is 19.5. The molecule has 0 aliphatic carbocycles. The minimum atomic E-state index is -0.394. The Balaban J connectivity index is 1.86. The van der Waals surface area contributed by atoms with Gasteiger partial charge in [0.1, 0.15) is 11.3 Å². The molecule has 3 rings (SSSR count). The van der Waals surface area contributed by atoms with Crippen LogP contribution in [-0.4, -0.2) is 58.5 Å². The lowest BCUT2D eigenvalue weighted by molar-refractivity contribution is 0.240. The third-order valence-corrected chi connectivity index (χ3v) is 4.85. The largest absolute Gasteiger partial charge is 0.493 e. The molecule has 2 N–H and O–H groups in total. The summed E-state index contributed by atoms with van der Waals surface area (Å²) in [5.41, 5.74) is 1.60. The zero-order chi connectivity index (χ0) is 22.4. The van der Waals surface area contributed by atoms with Gasteiger partial charge in [0.25, 0.3) is 0 Å². The van der Waals surface area contributed by atoms with Gasteiger partial charge in [0.05, 0.1) is 27.5 Å². The minimum Gasteiger partial charge on any atom is -0.493 e. The van der Waals surface area contributed by atoms with Crippen LogP contribution in [0.3, 0.4) is 0 Å². The Bertz CT molecular complexity index is 1060. The Morgan fingerprint density at radius 3 is 2.39 bits per heavy atom. The van der Waals surface area contributed by atoms with Crippen LogP contribution in [0.25, 0.3) is 11.2 Å². The SMILES string of the molecule is COc1cc(Nc2cnc3ccc(NC(=O)N(S)CCBr)nc3n2)cc(OC)c1OC. The number of anilines is 3. The molecule has 0 spiro atoms. The molecule has 2 heterocycles. The second kappa shape index (κ2) is 10.4. The monoisotopic (exact) mass is 508 g/mol. The van der Waals surface area contributed by atoms with Crippen molar-refractivity contribution in [3.05, 3.63) is 30.5 Å². The van der Waals surface area contributed by atoms with E-state index in [-0.39, 0.29) is 0 Å². The van der Waals surface area contributed by atoms with Crippen LogP contribution in [-0.2, 0) is 0 Å². The fraction of sp³-hybridized carbons (Fsp3) is 0.263. The van der Waals surface area contributed by atoms with Crippen molar-refractivity contribution < 1.29 is 19.0 Å². The van der Waals surface area contributed by atoms with Crippen LogP contribution < -0.4 is 24.8 Å². The zero-order valence-electron chi connectivity index (χ0n) is 17.0. The summed E-state index contributed by atoms with van der Waals surface area (Å²) in [5, 5.41) is 6.43. The number of thiol groups is 1. The van der Waals surface area contributed by atoms with Crippen LogP contribution in [0.15, 0.2) is 30.5 Å². The molecule has 12 heteroatoms. The second-order valence-electron chi connectivity index (χ2n) is 6.08. The molecule has 0 atom stereocenters. The first-order chi connectivity index (χ1) is 15.0. The second-order valence-corrected chi connectivity index (χ2v) is 7.35. The average molecular weight is 509 g/mol. The number of fused-ring (bicyclic) bond motifs is 1. The number of pyridine rings is 1. The molecule has 10 nitrogen and oxygen atoms in total. The molecule has 2 aromatic heterocycles. The number of aromatic nitrogens is 3. The van der Waals surface area contributed by atoms with Gasteiger partial charge in [-0.2, -0.15) is 0 Å². The number of ether oxygens (including phenoxy) is 3. The summed E-state index contributed by atoms with van der Waals surface area (Å²) in [6.07, 6.45) is 1.58. The predicted molar refractivity (Wildman–Crippen MR) is 125 cm³/mol. The molecule has 0 unspecified atom stereocenters. The highest BCUT2D eigenvalue weighted by Crippen LogP contribution is 2.40. The maximum atomic E-state index is 12.1. The highest BCUT2D eigenvalue weighted by molar-refractivity contribution is 9.09. The molecule has 3 aromatic rings. The smallest absolute Gasteiger partial charge is 0.332 e. The molecule has 164 valence electrons. The van der Waals surface area contributed by atoms with Gasteiger partial charge < -0.3 is 19.5 Å². The number of methoxy groups -OCH3 is 3. The standard InChI is InChI=1S/C19H21BrN6O4S/c1-28-13-8-11(9-14(29-2)17(13)30-3)22-16-10-21-12-4-5-15(23-18(12)24-16)25-19(27)26(31)7-6-20/h4-5,8-10,31H,6-7H2,1-3H3,(H2,22,23,24,25,27). The number of amides is 2. The molecular weight excluding hydrogens is 488 g/mol. The molecule has 0 fully saturated rings. The summed E-state index contributed by atoms with van der Waals surface area (Å²) in [6, 6.07) is 6.48. The lowest BCUT2D eigenvalue weighted by Crippen LogP contribution is -2.28. The van der Waals surface area contributed by atoms with E-state index in [1.165, 1.54) is 11.4 Å². The Labute approximate surface area is 193 Å². The summed E-state index contributed by atoms with van der Waals surface area (Å²) < 4.78 is 17.3. The fourth-order valence-electron chi connectivity index (χ4n) is 2.68. The number of carbonyl (C=O) groups excluding carboxylic acids is 1. The Morgan fingerprint density at radius 1 is 1.10 bits per heavy atom. The quantitative estimate of drug-likeness (QED) is 0.310. The third kappa shape index (κ3) is 5.39.